The van der Waals surface area contributed by atoms with E-state index in [9.17, 15) is 13.2 Å². The summed E-state index contributed by atoms with van der Waals surface area (Å²) in [5.41, 5.74) is 2.67. The van der Waals surface area contributed by atoms with Crippen LogP contribution in [-0.2, 0) is 21.2 Å². The fourth-order valence-electron chi connectivity index (χ4n) is 3.72. The maximum Gasteiger partial charge on any atom is 0.244 e. The number of nitrogens with zero attached hydrogens (tertiary/aromatic N) is 3. The van der Waals surface area contributed by atoms with Crippen LogP contribution in [0.1, 0.15) is 17.4 Å². The highest BCUT2D eigenvalue weighted by molar-refractivity contribution is 7.91. The summed E-state index contributed by atoms with van der Waals surface area (Å²) < 4.78 is 23.7. The maximum absolute atomic E-state index is 13.4. The fourth-order valence-corrected chi connectivity index (χ4v) is 4.95. The van der Waals surface area contributed by atoms with Gasteiger partial charge in [-0.2, -0.15) is 0 Å². The van der Waals surface area contributed by atoms with Crippen LogP contribution in [0.4, 0.5) is 0 Å². The zero-order chi connectivity index (χ0) is 20.4. The maximum atomic E-state index is 13.4. The predicted molar refractivity (Wildman–Crippen MR) is 112 cm³/mol. The molecule has 152 valence electrons. The van der Waals surface area contributed by atoms with Crippen molar-refractivity contribution in [3.8, 4) is 0 Å². The Labute approximate surface area is 170 Å². The topological polar surface area (TPSA) is 86.4 Å². The lowest BCUT2D eigenvalue weighted by Crippen LogP contribution is -2.47. The number of likely N-dealkylation sites (N-methyl/N-ethyl adjacent to an activating group) is 1. The first kappa shape index (κ1) is 19.6. The Morgan fingerprint density at radius 3 is 2.45 bits per heavy atom. The molecule has 29 heavy (non-hydrogen) atoms. The van der Waals surface area contributed by atoms with Gasteiger partial charge >= 0.3 is 0 Å². The molecule has 0 aliphatic carbocycles. The number of fused-ring (bicyclic) bond motifs is 1. The summed E-state index contributed by atoms with van der Waals surface area (Å²) >= 11 is 0. The van der Waals surface area contributed by atoms with E-state index < -0.39 is 15.9 Å². The summed E-state index contributed by atoms with van der Waals surface area (Å²) in [5.74, 6) is 0.805. The Balaban J connectivity index is 1.57. The van der Waals surface area contributed by atoms with Crippen LogP contribution >= 0.6 is 0 Å². The van der Waals surface area contributed by atoms with E-state index in [4.69, 9.17) is 0 Å². The van der Waals surface area contributed by atoms with Crippen LogP contribution in [0.25, 0.3) is 11.0 Å². The number of carbonyl (C=O) groups excluding carboxylic acids is 1. The summed E-state index contributed by atoms with van der Waals surface area (Å²) in [4.78, 5) is 24.8. The third-order valence-corrected chi connectivity index (χ3v) is 6.90. The lowest BCUT2D eigenvalue weighted by molar-refractivity contribution is -0.136. The van der Waals surface area contributed by atoms with Gasteiger partial charge in [-0.25, -0.2) is 13.4 Å². The second-order valence-corrected chi connectivity index (χ2v) is 9.70. The van der Waals surface area contributed by atoms with E-state index in [1.54, 1.807) is 11.9 Å². The summed E-state index contributed by atoms with van der Waals surface area (Å²) in [6.45, 7) is 1.06. The van der Waals surface area contributed by atoms with Crippen LogP contribution in [0.5, 0.6) is 0 Å². The van der Waals surface area contributed by atoms with Gasteiger partial charge in [0.25, 0.3) is 0 Å². The SMILES string of the molecule is CN(Cc1nc2ccccc2[nH]1)C(=O)C(c1ccccc1)N1CCS(=O)(=O)CC1. The van der Waals surface area contributed by atoms with Crippen LogP contribution in [0, 0.1) is 0 Å². The molecule has 1 aliphatic heterocycles. The highest BCUT2D eigenvalue weighted by Crippen LogP contribution is 2.25. The minimum absolute atomic E-state index is 0.0732. The second kappa shape index (κ2) is 7.96. The molecule has 0 saturated carbocycles. The van der Waals surface area contributed by atoms with Crippen LogP contribution in [0.15, 0.2) is 54.6 Å². The van der Waals surface area contributed by atoms with E-state index >= 15 is 0 Å². The first-order chi connectivity index (χ1) is 13.9. The van der Waals surface area contributed by atoms with E-state index in [2.05, 4.69) is 9.97 Å². The molecular formula is C21H24N4O3S. The van der Waals surface area contributed by atoms with Gasteiger partial charge in [-0.05, 0) is 17.7 Å². The van der Waals surface area contributed by atoms with Crippen molar-refractivity contribution in [1.29, 1.82) is 0 Å². The number of H-pyrrole nitrogens is 1. The summed E-state index contributed by atoms with van der Waals surface area (Å²) in [5, 5.41) is 0. The first-order valence-electron chi connectivity index (χ1n) is 9.61. The molecule has 0 bridgehead atoms. The molecule has 1 fully saturated rings. The summed E-state index contributed by atoms with van der Waals surface area (Å²) in [6.07, 6.45) is 0. The number of hydrogen-bond acceptors (Lipinski definition) is 5. The number of para-hydroxylation sites is 2. The van der Waals surface area contributed by atoms with Crippen molar-refractivity contribution in [2.45, 2.75) is 12.6 Å². The molecule has 3 aromatic rings. The van der Waals surface area contributed by atoms with Gasteiger partial charge in [-0.15, -0.1) is 0 Å². The Morgan fingerprint density at radius 1 is 1.10 bits per heavy atom. The molecule has 2 aromatic carbocycles. The third kappa shape index (κ3) is 4.33. The first-order valence-corrected chi connectivity index (χ1v) is 11.4. The molecule has 1 atom stereocenters. The molecule has 1 N–H and O–H groups in total. The fraction of sp³-hybridized carbons (Fsp3) is 0.333. The number of rotatable bonds is 5. The summed E-state index contributed by atoms with van der Waals surface area (Å²) in [6, 6.07) is 16.8. The van der Waals surface area contributed by atoms with Crippen molar-refractivity contribution in [3.63, 3.8) is 0 Å². The van der Waals surface area contributed by atoms with Gasteiger partial charge in [0, 0.05) is 20.1 Å². The Morgan fingerprint density at radius 2 is 1.76 bits per heavy atom. The third-order valence-electron chi connectivity index (χ3n) is 5.29. The smallest absolute Gasteiger partial charge is 0.244 e. The standard InChI is InChI=1S/C21H24N4O3S/c1-24(15-19-22-17-9-5-6-10-18(17)23-19)21(26)20(16-7-3-2-4-8-16)25-11-13-29(27,28)14-12-25/h2-10,20H,11-15H2,1H3,(H,22,23). The molecule has 1 amide bonds. The van der Waals surface area contributed by atoms with Gasteiger partial charge in [0.05, 0.1) is 29.1 Å². The minimum Gasteiger partial charge on any atom is -0.340 e. The largest absolute Gasteiger partial charge is 0.340 e. The van der Waals surface area contributed by atoms with Gasteiger partial charge in [0.1, 0.15) is 11.9 Å². The number of hydrogen-bond donors (Lipinski definition) is 1. The van der Waals surface area contributed by atoms with E-state index in [1.807, 2.05) is 59.5 Å². The normalized spacial score (nSPS) is 17.8. The van der Waals surface area contributed by atoms with E-state index in [0.29, 0.717) is 19.6 Å². The number of aromatic nitrogens is 2. The number of amides is 1. The molecule has 2 heterocycles. The Bertz CT molecular complexity index is 1060. The molecule has 1 unspecified atom stereocenters. The number of benzene rings is 2. The molecule has 1 aromatic heterocycles. The summed E-state index contributed by atoms with van der Waals surface area (Å²) in [7, 11) is -1.27. The highest BCUT2D eigenvalue weighted by atomic mass is 32.2. The predicted octanol–water partition coefficient (Wildman–Crippen LogP) is 1.99. The molecular weight excluding hydrogens is 388 g/mol. The highest BCUT2D eigenvalue weighted by Gasteiger charge is 2.34. The molecule has 8 heteroatoms. The zero-order valence-electron chi connectivity index (χ0n) is 16.3. The van der Waals surface area contributed by atoms with Crippen LogP contribution in [0.2, 0.25) is 0 Å². The average Bonchev–Trinajstić information content (AvgIpc) is 3.12. The van der Waals surface area contributed by atoms with E-state index in [-0.39, 0.29) is 17.4 Å². The van der Waals surface area contributed by atoms with Crippen molar-refractivity contribution in [2.75, 3.05) is 31.6 Å². The number of aromatic amines is 1. The lowest BCUT2D eigenvalue weighted by Gasteiger charge is -2.35. The average molecular weight is 413 g/mol. The minimum atomic E-state index is -3.02. The van der Waals surface area contributed by atoms with E-state index in [1.165, 1.54) is 0 Å². The van der Waals surface area contributed by atoms with E-state index in [0.717, 1.165) is 22.4 Å². The number of imidazole rings is 1. The Kier molecular flexibility index (Phi) is 5.38. The molecule has 7 nitrogen and oxygen atoms in total. The van der Waals surface area contributed by atoms with Crippen LogP contribution < -0.4 is 0 Å². The second-order valence-electron chi connectivity index (χ2n) is 7.40. The number of sulfone groups is 1. The zero-order valence-corrected chi connectivity index (χ0v) is 17.1. The lowest BCUT2D eigenvalue weighted by atomic mass is 10.0. The monoisotopic (exact) mass is 412 g/mol. The van der Waals surface area contributed by atoms with Crippen LogP contribution in [0.3, 0.4) is 0 Å². The molecule has 1 aliphatic rings. The molecule has 4 rings (SSSR count). The van der Waals surface area contributed by atoms with Crippen molar-refractivity contribution in [1.82, 2.24) is 19.8 Å². The van der Waals surface area contributed by atoms with Gasteiger partial charge in [-0.1, -0.05) is 42.5 Å². The molecule has 0 radical (unpaired) electrons. The van der Waals surface area contributed by atoms with Crippen LogP contribution in [-0.4, -0.2) is 65.7 Å². The van der Waals surface area contributed by atoms with Crippen molar-refractivity contribution in [2.24, 2.45) is 0 Å². The van der Waals surface area contributed by atoms with Gasteiger partial charge in [0.15, 0.2) is 9.84 Å². The van der Waals surface area contributed by atoms with Crippen molar-refractivity contribution >= 4 is 26.8 Å². The number of nitrogens with one attached hydrogen (secondary N) is 1. The van der Waals surface area contributed by atoms with Gasteiger partial charge < -0.3 is 9.88 Å². The van der Waals surface area contributed by atoms with Gasteiger partial charge in [-0.3, -0.25) is 9.69 Å². The van der Waals surface area contributed by atoms with Crippen molar-refractivity contribution < 1.29 is 13.2 Å². The quantitative estimate of drug-likeness (QED) is 0.693. The molecule has 0 spiro atoms. The van der Waals surface area contributed by atoms with Gasteiger partial charge in [0.2, 0.25) is 5.91 Å². The Hall–Kier alpha value is -2.71. The van der Waals surface area contributed by atoms with Crippen molar-refractivity contribution in [3.05, 3.63) is 66.0 Å². The number of carbonyl (C=O) groups is 1. The molecule has 1 saturated heterocycles.